The second-order valence-electron chi connectivity index (χ2n) is 11.1. The molecule has 0 bridgehead atoms. The van der Waals surface area contributed by atoms with Gasteiger partial charge in [0.1, 0.15) is 0 Å². The van der Waals surface area contributed by atoms with Crippen molar-refractivity contribution in [3.8, 4) is 0 Å². The van der Waals surface area contributed by atoms with Gasteiger partial charge >= 0.3 is 6.09 Å². The van der Waals surface area contributed by atoms with Crippen LogP contribution in [0.5, 0.6) is 0 Å². The Balaban J connectivity index is 1.33. The van der Waals surface area contributed by atoms with Gasteiger partial charge in [-0.1, -0.05) is 38.1 Å². The van der Waals surface area contributed by atoms with E-state index in [9.17, 15) is 9.90 Å². The maximum Gasteiger partial charge on any atom is 0.407 e. The fraction of sp³-hybridized carbons (Fsp3) is 0.630. The Kier molecular flexibility index (Phi) is 6.42. The van der Waals surface area contributed by atoms with Crippen molar-refractivity contribution in [3.05, 3.63) is 53.3 Å². The summed E-state index contributed by atoms with van der Waals surface area (Å²) in [5.41, 5.74) is 4.57. The van der Waals surface area contributed by atoms with E-state index in [2.05, 4.69) is 59.2 Å². The van der Waals surface area contributed by atoms with Crippen LogP contribution in [0.4, 0.5) is 4.79 Å². The van der Waals surface area contributed by atoms with Crippen LogP contribution in [0.1, 0.15) is 68.2 Å². The van der Waals surface area contributed by atoms with E-state index in [1.165, 1.54) is 29.5 Å². The van der Waals surface area contributed by atoms with Crippen molar-refractivity contribution in [2.45, 2.75) is 64.1 Å². The molecule has 184 valence electrons. The summed E-state index contributed by atoms with van der Waals surface area (Å²) in [6.07, 6.45) is 7.81. The highest BCUT2D eigenvalue weighted by Crippen LogP contribution is 2.52. The van der Waals surface area contributed by atoms with E-state index in [4.69, 9.17) is 0 Å². The highest BCUT2D eigenvalue weighted by atomic mass is 16.4. The van der Waals surface area contributed by atoms with Crippen LogP contribution >= 0.6 is 0 Å². The maximum atomic E-state index is 11.3. The molecule has 0 radical (unpaired) electrons. The molecular weight excluding hydrogens is 426 g/mol. The Morgan fingerprint density at radius 2 is 1.88 bits per heavy atom. The Morgan fingerprint density at radius 3 is 2.53 bits per heavy atom. The van der Waals surface area contributed by atoms with Crippen LogP contribution in [-0.2, 0) is 13.6 Å². The lowest BCUT2D eigenvalue weighted by molar-refractivity contribution is -0.0749. The number of hydrogen-bond donors (Lipinski definition) is 1. The van der Waals surface area contributed by atoms with Crippen molar-refractivity contribution < 1.29 is 9.90 Å². The summed E-state index contributed by atoms with van der Waals surface area (Å²) in [5.74, 6) is 0.500. The number of piperidine rings is 1. The van der Waals surface area contributed by atoms with Gasteiger partial charge in [-0.2, -0.15) is 5.10 Å². The topological polar surface area (TPSA) is 64.8 Å². The number of aryl methyl sites for hydroxylation is 1. The highest BCUT2D eigenvalue weighted by Gasteiger charge is 2.50. The number of rotatable bonds is 5. The molecule has 5 rings (SSSR count). The molecule has 1 saturated carbocycles. The van der Waals surface area contributed by atoms with Gasteiger partial charge in [-0.15, -0.1) is 0 Å². The number of benzene rings is 1. The van der Waals surface area contributed by atoms with Crippen molar-refractivity contribution in [1.82, 2.24) is 24.5 Å². The Bertz CT molecular complexity index is 1000. The fourth-order valence-electron chi connectivity index (χ4n) is 6.62. The second-order valence-corrected chi connectivity index (χ2v) is 11.1. The van der Waals surface area contributed by atoms with Gasteiger partial charge < -0.3 is 10.0 Å². The molecule has 1 aromatic carbocycles. The van der Waals surface area contributed by atoms with Crippen LogP contribution in [0.2, 0.25) is 0 Å². The molecule has 3 heterocycles. The van der Waals surface area contributed by atoms with E-state index in [0.717, 1.165) is 39.0 Å². The Hall–Kier alpha value is -2.38. The third-order valence-corrected chi connectivity index (χ3v) is 8.55. The number of piperazine rings is 1. The minimum Gasteiger partial charge on any atom is -0.465 e. The molecule has 3 aliphatic rings. The van der Waals surface area contributed by atoms with Crippen molar-refractivity contribution in [2.24, 2.45) is 12.5 Å². The Labute approximate surface area is 203 Å². The average molecular weight is 466 g/mol. The van der Waals surface area contributed by atoms with E-state index in [0.29, 0.717) is 36.5 Å². The van der Waals surface area contributed by atoms with E-state index in [-0.39, 0.29) is 0 Å². The minimum atomic E-state index is -0.763. The van der Waals surface area contributed by atoms with Crippen LogP contribution in [0.3, 0.4) is 0 Å². The third-order valence-electron chi connectivity index (χ3n) is 8.55. The van der Waals surface area contributed by atoms with Crippen LogP contribution in [-0.4, -0.2) is 74.4 Å². The molecular formula is C27H39N5O2. The number of aromatic nitrogens is 2. The zero-order chi connectivity index (χ0) is 23.9. The number of amides is 1. The molecule has 3 fully saturated rings. The molecule has 7 nitrogen and oxygen atoms in total. The summed E-state index contributed by atoms with van der Waals surface area (Å²) in [6, 6.07) is 10.0. The van der Waals surface area contributed by atoms with Crippen molar-refractivity contribution in [2.75, 3.05) is 32.7 Å². The van der Waals surface area contributed by atoms with Gasteiger partial charge in [0, 0.05) is 70.2 Å². The van der Waals surface area contributed by atoms with Gasteiger partial charge in [0.05, 0.1) is 6.20 Å². The number of likely N-dealkylation sites (tertiary alicyclic amines) is 1. The zero-order valence-electron chi connectivity index (χ0n) is 20.9. The molecule has 1 amide bonds. The number of carboxylic acid groups (broad SMARTS) is 1. The number of carbonyl (C=O) groups is 1. The second kappa shape index (κ2) is 9.34. The predicted molar refractivity (Wildman–Crippen MR) is 133 cm³/mol. The van der Waals surface area contributed by atoms with Gasteiger partial charge in [-0.05, 0) is 48.1 Å². The molecule has 7 heteroatoms. The fourth-order valence-corrected chi connectivity index (χ4v) is 6.62. The molecule has 2 aromatic rings. The first-order valence-corrected chi connectivity index (χ1v) is 12.9. The molecule has 1 unspecified atom stereocenters. The monoisotopic (exact) mass is 465 g/mol. The first kappa shape index (κ1) is 23.4. The van der Waals surface area contributed by atoms with E-state index in [1.54, 1.807) is 4.90 Å². The van der Waals surface area contributed by atoms with Crippen LogP contribution < -0.4 is 0 Å². The largest absolute Gasteiger partial charge is 0.465 e. The van der Waals surface area contributed by atoms with E-state index >= 15 is 0 Å². The summed E-state index contributed by atoms with van der Waals surface area (Å²) in [6.45, 7) is 10.1. The van der Waals surface area contributed by atoms with Crippen molar-refractivity contribution >= 4 is 6.09 Å². The number of nitrogens with zero attached hydrogens (tertiary/aromatic N) is 5. The highest BCUT2D eigenvalue weighted by molar-refractivity contribution is 5.65. The van der Waals surface area contributed by atoms with Crippen LogP contribution in [0.15, 0.2) is 36.7 Å². The SMILES string of the molecule is CC(C)c1ccccc1C1CN(Cc2cnn(C)c2)CCN1C1CC2(CCN(C(=O)O)CC2)C1. The van der Waals surface area contributed by atoms with Crippen molar-refractivity contribution in [3.63, 3.8) is 0 Å². The molecule has 1 aromatic heterocycles. The van der Waals surface area contributed by atoms with Gasteiger partial charge in [0.25, 0.3) is 0 Å². The van der Waals surface area contributed by atoms with Crippen LogP contribution in [0, 0.1) is 5.41 Å². The summed E-state index contributed by atoms with van der Waals surface area (Å²) >= 11 is 0. The quantitative estimate of drug-likeness (QED) is 0.712. The molecule has 34 heavy (non-hydrogen) atoms. The maximum absolute atomic E-state index is 11.3. The average Bonchev–Trinajstić information content (AvgIpc) is 3.22. The minimum absolute atomic E-state index is 0.353. The smallest absolute Gasteiger partial charge is 0.407 e. The molecule has 1 spiro atoms. The molecule has 2 saturated heterocycles. The molecule has 1 aliphatic carbocycles. The summed E-state index contributed by atoms with van der Waals surface area (Å²) in [4.78, 5) is 18.3. The lowest BCUT2D eigenvalue weighted by Gasteiger charge is -2.58. The lowest BCUT2D eigenvalue weighted by atomic mass is 9.59. The third kappa shape index (κ3) is 4.60. The number of hydrogen-bond acceptors (Lipinski definition) is 4. The van der Waals surface area contributed by atoms with E-state index < -0.39 is 6.09 Å². The zero-order valence-corrected chi connectivity index (χ0v) is 20.9. The van der Waals surface area contributed by atoms with Gasteiger partial charge in [0.2, 0.25) is 0 Å². The van der Waals surface area contributed by atoms with Crippen LogP contribution in [0.25, 0.3) is 0 Å². The molecule has 1 N–H and O–H groups in total. The summed E-state index contributed by atoms with van der Waals surface area (Å²) in [5, 5.41) is 13.7. The summed E-state index contributed by atoms with van der Waals surface area (Å²) < 4.78 is 1.89. The molecule has 2 aliphatic heterocycles. The van der Waals surface area contributed by atoms with Gasteiger partial charge in [0.15, 0.2) is 0 Å². The standard InChI is InChI=1S/C27H39N5O2/c1-20(2)23-6-4-5-7-24(23)25-19-30(18-21-16-28-29(3)17-21)12-13-32(25)22-14-27(15-22)8-10-31(11-9-27)26(33)34/h4-7,16-17,20,22,25H,8-15,18-19H2,1-3H3,(H,33,34). The normalized spacial score (nSPS) is 24.0. The first-order valence-electron chi connectivity index (χ1n) is 12.9. The lowest BCUT2D eigenvalue weighted by Crippen LogP contribution is -2.60. The van der Waals surface area contributed by atoms with E-state index in [1.807, 2.05) is 17.9 Å². The first-order chi connectivity index (χ1) is 16.3. The predicted octanol–water partition coefficient (Wildman–Crippen LogP) is 4.33. The molecule has 1 atom stereocenters. The van der Waals surface area contributed by atoms with Gasteiger partial charge in [-0.3, -0.25) is 14.5 Å². The van der Waals surface area contributed by atoms with Gasteiger partial charge in [-0.25, -0.2) is 4.79 Å². The Morgan fingerprint density at radius 1 is 1.15 bits per heavy atom. The summed E-state index contributed by atoms with van der Waals surface area (Å²) in [7, 11) is 1.98. The van der Waals surface area contributed by atoms with Crippen molar-refractivity contribution in [1.29, 1.82) is 0 Å².